The van der Waals surface area contributed by atoms with Gasteiger partial charge in [0.1, 0.15) is 5.82 Å². The van der Waals surface area contributed by atoms with Crippen LogP contribution in [0.15, 0.2) is 36.4 Å². The average molecular weight is 297 g/mol. The summed E-state index contributed by atoms with van der Waals surface area (Å²) in [6, 6.07) is 8.74. The first-order valence-electron chi connectivity index (χ1n) is 6.44. The minimum Gasteiger partial charge on any atom is -0.381 e. The van der Waals surface area contributed by atoms with Crippen molar-refractivity contribution in [1.82, 2.24) is 0 Å². The van der Waals surface area contributed by atoms with E-state index >= 15 is 0 Å². The molecule has 112 valence electrons. The minimum atomic E-state index is -4.69. The lowest BCUT2D eigenvalue weighted by atomic mass is 10.1. The third kappa shape index (κ3) is 3.74. The van der Waals surface area contributed by atoms with Crippen molar-refractivity contribution < 1.29 is 17.6 Å². The summed E-state index contributed by atoms with van der Waals surface area (Å²) in [5.74, 6) is -1.26. The molecule has 0 fully saturated rings. The van der Waals surface area contributed by atoms with Crippen LogP contribution in [-0.4, -0.2) is 0 Å². The molecule has 0 saturated carbocycles. The maximum absolute atomic E-state index is 13.2. The predicted molar refractivity (Wildman–Crippen MR) is 74.6 cm³/mol. The van der Waals surface area contributed by atoms with Gasteiger partial charge in [0.15, 0.2) is 0 Å². The van der Waals surface area contributed by atoms with E-state index in [9.17, 15) is 17.6 Å². The molecule has 2 aromatic carbocycles. The van der Waals surface area contributed by atoms with Crippen LogP contribution in [0.5, 0.6) is 0 Å². The van der Waals surface area contributed by atoms with E-state index < -0.39 is 17.6 Å². The monoisotopic (exact) mass is 297 g/mol. The van der Waals surface area contributed by atoms with Crippen LogP contribution in [0.25, 0.3) is 0 Å². The Balaban J connectivity index is 2.15. The summed E-state index contributed by atoms with van der Waals surface area (Å²) in [5.41, 5.74) is 2.20. The topological polar surface area (TPSA) is 12.0 Å². The zero-order valence-electron chi connectivity index (χ0n) is 11.7. The molecule has 21 heavy (non-hydrogen) atoms. The first-order chi connectivity index (χ1) is 9.77. The first kappa shape index (κ1) is 15.4. The lowest BCUT2D eigenvalue weighted by molar-refractivity contribution is -0.139. The van der Waals surface area contributed by atoms with Gasteiger partial charge in [0, 0.05) is 12.2 Å². The molecule has 2 aromatic rings. The van der Waals surface area contributed by atoms with E-state index in [0.29, 0.717) is 6.54 Å². The van der Waals surface area contributed by atoms with Crippen molar-refractivity contribution in [2.45, 2.75) is 26.6 Å². The molecule has 0 heterocycles. The van der Waals surface area contributed by atoms with Crippen molar-refractivity contribution >= 4 is 5.69 Å². The highest BCUT2D eigenvalue weighted by molar-refractivity contribution is 5.47. The van der Waals surface area contributed by atoms with Gasteiger partial charge in [-0.1, -0.05) is 18.2 Å². The van der Waals surface area contributed by atoms with Crippen LogP contribution in [0.3, 0.4) is 0 Å². The molecule has 0 saturated heterocycles. The molecular formula is C16H15F4N. The van der Waals surface area contributed by atoms with Crippen molar-refractivity contribution in [3.8, 4) is 0 Å². The highest BCUT2D eigenvalue weighted by Gasteiger charge is 2.34. The van der Waals surface area contributed by atoms with Crippen LogP contribution in [0.1, 0.15) is 22.3 Å². The Morgan fingerprint density at radius 1 is 0.952 bits per heavy atom. The van der Waals surface area contributed by atoms with Gasteiger partial charge in [-0.2, -0.15) is 13.2 Å². The Labute approximate surface area is 120 Å². The van der Waals surface area contributed by atoms with E-state index in [1.165, 1.54) is 6.07 Å². The van der Waals surface area contributed by atoms with E-state index in [1.807, 2.05) is 32.0 Å². The highest BCUT2D eigenvalue weighted by Crippen LogP contribution is 2.33. The van der Waals surface area contributed by atoms with Crippen LogP contribution in [0, 0.1) is 19.7 Å². The summed E-state index contributed by atoms with van der Waals surface area (Å²) in [7, 11) is 0. The van der Waals surface area contributed by atoms with Gasteiger partial charge in [0.25, 0.3) is 0 Å². The molecule has 0 unspecified atom stereocenters. The van der Waals surface area contributed by atoms with Crippen LogP contribution >= 0.6 is 0 Å². The van der Waals surface area contributed by atoms with Crippen LogP contribution < -0.4 is 5.32 Å². The maximum atomic E-state index is 13.2. The second kappa shape index (κ2) is 5.76. The Bertz CT molecular complexity index is 647. The van der Waals surface area contributed by atoms with E-state index in [2.05, 4.69) is 5.32 Å². The molecule has 0 radical (unpaired) electrons. The number of nitrogens with one attached hydrogen (secondary N) is 1. The average Bonchev–Trinajstić information content (AvgIpc) is 2.40. The number of anilines is 1. The number of rotatable bonds is 3. The fourth-order valence-corrected chi connectivity index (χ4v) is 1.97. The largest absolute Gasteiger partial charge is 0.419 e. The highest BCUT2D eigenvalue weighted by atomic mass is 19.4. The molecule has 1 N–H and O–H groups in total. The van der Waals surface area contributed by atoms with Crippen molar-refractivity contribution in [2.75, 3.05) is 5.32 Å². The number of hydrogen-bond donors (Lipinski definition) is 1. The molecular weight excluding hydrogens is 282 g/mol. The van der Waals surface area contributed by atoms with Crippen molar-refractivity contribution in [3.63, 3.8) is 0 Å². The molecule has 0 amide bonds. The molecule has 0 spiro atoms. The van der Waals surface area contributed by atoms with Gasteiger partial charge in [-0.25, -0.2) is 4.39 Å². The quantitative estimate of drug-likeness (QED) is 0.780. The smallest absolute Gasteiger partial charge is 0.381 e. The second-order valence-electron chi connectivity index (χ2n) is 4.96. The van der Waals surface area contributed by atoms with E-state index in [0.717, 1.165) is 28.8 Å². The van der Waals surface area contributed by atoms with Gasteiger partial charge in [0.2, 0.25) is 0 Å². The third-order valence-corrected chi connectivity index (χ3v) is 3.34. The third-order valence-electron chi connectivity index (χ3n) is 3.34. The Kier molecular flexibility index (Phi) is 4.21. The second-order valence-corrected chi connectivity index (χ2v) is 4.96. The number of hydrogen-bond acceptors (Lipinski definition) is 1. The lowest BCUT2D eigenvalue weighted by Gasteiger charge is -2.12. The molecule has 1 nitrogen and oxygen atoms in total. The zero-order chi connectivity index (χ0) is 15.6. The molecule has 0 atom stereocenters. The summed E-state index contributed by atoms with van der Waals surface area (Å²) in [6.07, 6.45) is -4.69. The Morgan fingerprint density at radius 2 is 1.67 bits per heavy atom. The summed E-state index contributed by atoms with van der Waals surface area (Å²) in [5, 5.41) is 2.88. The van der Waals surface area contributed by atoms with Gasteiger partial charge in [0.05, 0.1) is 5.56 Å². The van der Waals surface area contributed by atoms with E-state index in [1.54, 1.807) is 0 Å². The minimum absolute atomic E-state index is 0.238. The molecule has 0 aromatic heterocycles. The van der Waals surface area contributed by atoms with Crippen LogP contribution in [0.2, 0.25) is 0 Å². The van der Waals surface area contributed by atoms with Crippen LogP contribution in [0.4, 0.5) is 23.2 Å². The summed E-state index contributed by atoms with van der Waals surface area (Å²) in [4.78, 5) is 0. The molecule has 2 rings (SSSR count). The molecule has 5 heteroatoms. The predicted octanol–water partition coefficient (Wildman–Crippen LogP) is 5.07. The van der Waals surface area contributed by atoms with E-state index in [4.69, 9.17) is 0 Å². The number of halogens is 4. The standard InChI is InChI=1S/C16H15F4N/c1-10-3-4-12(7-11(10)2)9-21-13-5-6-15(17)14(8-13)16(18,19)20/h3-8,21H,9H2,1-2H3. The van der Waals surface area contributed by atoms with Crippen LogP contribution in [-0.2, 0) is 12.7 Å². The molecule has 0 aliphatic rings. The summed E-state index contributed by atoms with van der Waals surface area (Å²) >= 11 is 0. The maximum Gasteiger partial charge on any atom is 0.419 e. The number of benzene rings is 2. The first-order valence-corrected chi connectivity index (χ1v) is 6.44. The molecule has 0 bridgehead atoms. The van der Waals surface area contributed by atoms with Gasteiger partial charge in [-0.05, 0) is 48.7 Å². The summed E-state index contributed by atoms with van der Waals surface area (Å²) < 4.78 is 51.0. The van der Waals surface area contributed by atoms with Gasteiger partial charge >= 0.3 is 6.18 Å². The van der Waals surface area contributed by atoms with Crippen molar-refractivity contribution in [2.24, 2.45) is 0 Å². The zero-order valence-corrected chi connectivity index (χ0v) is 11.7. The molecule has 0 aliphatic carbocycles. The van der Waals surface area contributed by atoms with Gasteiger partial charge in [-0.15, -0.1) is 0 Å². The van der Waals surface area contributed by atoms with Gasteiger partial charge < -0.3 is 5.32 Å². The Hall–Kier alpha value is -2.04. The van der Waals surface area contributed by atoms with Crippen molar-refractivity contribution in [3.05, 3.63) is 64.5 Å². The van der Waals surface area contributed by atoms with Crippen molar-refractivity contribution in [1.29, 1.82) is 0 Å². The fraction of sp³-hybridized carbons (Fsp3) is 0.250. The summed E-state index contributed by atoms with van der Waals surface area (Å²) in [6.45, 7) is 4.34. The van der Waals surface area contributed by atoms with Gasteiger partial charge in [-0.3, -0.25) is 0 Å². The fourth-order valence-electron chi connectivity index (χ4n) is 1.97. The number of aryl methyl sites for hydroxylation is 2. The van der Waals surface area contributed by atoms with E-state index in [-0.39, 0.29) is 5.69 Å². The SMILES string of the molecule is Cc1ccc(CNc2ccc(F)c(C(F)(F)F)c2)cc1C. The Morgan fingerprint density at radius 3 is 2.29 bits per heavy atom. The lowest BCUT2D eigenvalue weighted by Crippen LogP contribution is -2.09. The normalized spacial score (nSPS) is 11.5. The number of alkyl halides is 3. The molecule has 0 aliphatic heterocycles.